The van der Waals surface area contributed by atoms with Crippen molar-refractivity contribution in [3.05, 3.63) is 36.1 Å². The van der Waals surface area contributed by atoms with E-state index >= 15 is 0 Å². The molecule has 1 aromatic heterocycles. The van der Waals surface area contributed by atoms with Crippen LogP contribution in [0.2, 0.25) is 0 Å². The number of carbonyl (C=O) groups is 1. The fraction of sp³-hybridized carbons (Fsp3) is 0.591. The van der Waals surface area contributed by atoms with Crippen molar-refractivity contribution < 1.29 is 9.53 Å². The van der Waals surface area contributed by atoms with Gasteiger partial charge in [0.25, 0.3) is 5.91 Å². The second-order valence-electron chi connectivity index (χ2n) is 8.42. The number of hydrogen-bond acceptors (Lipinski definition) is 6. The SMILES string of the molecule is CC(C)Nc1nccc(N(CC2CCNCC2)C(=O)C2=CC3CCOC3C=C2)n1. The monoisotopic (exact) mass is 397 g/mol. The molecule has 2 atom stereocenters. The van der Waals surface area contributed by atoms with Crippen LogP contribution in [0.15, 0.2) is 36.1 Å². The highest BCUT2D eigenvalue weighted by Crippen LogP contribution is 2.30. The lowest BCUT2D eigenvalue weighted by molar-refractivity contribution is -0.115. The van der Waals surface area contributed by atoms with E-state index in [2.05, 4.69) is 26.7 Å². The number of hydrogen-bond donors (Lipinski definition) is 2. The van der Waals surface area contributed by atoms with Gasteiger partial charge < -0.3 is 15.4 Å². The molecule has 1 amide bonds. The molecule has 29 heavy (non-hydrogen) atoms. The van der Waals surface area contributed by atoms with Gasteiger partial charge in [0.1, 0.15) is 5.82 Å². The molecule has 7 nitrogen and oxygen atoms in total. The molecule has 4 rings (SSSR count). The van der Waals surface area contributed by atoms with Crippen molar-refractivity contribution in [3.8, 4) is 0 Å². The van der Waals surface area contributed by atoms with Crippen LogP contribution in [0, 0.1) is 11.8 Å². The van der Waals surface area contributed by atoms with Crippen LogP contribution in [-0.4, -0.2) is 54.3 Å². The van der Waals surface area contributed by atoms with E-state index in [0.29, 0.717) is 30.1 Å². The lowest BCUT2D eigenvalue weighted by atomic mass is 9.92. The second-order valence-corrected chi connectivity index (χ2v) is 8.42. The normalized spacial score (nSPS) is 24.3. The van der Waals surface area contributed by atoms with Crippen LogP contribution in [0.25, 0.3) is 0 Å². The van der Waals surface area contributed by atoms with E-state index in [-0.39, 0.29) is 18.1 Å². The lowest BCUT2D eigenvalue weighted by Gasteiger charge is -2.30. The lowest BCUT2D eigenvalue weighted by Crippen LogP contribution is -2.41. The molecule has 3 heterocycles. The molecule has 156 valence electrons. The first-order chi connectivity index (χ1) is 14.1. The summed E-state index contributed by atoms with van der Waals surface area (Å²) in [6.45, 7) is 7.53. The van der Waals surface area contributed by atoms with Crippen molar-refractivity contribution in [2.24, 2.45) is 11.8 Å². The van der Waals surface area contributed by atoms with E-state index in [9.17, 15) is 4.79 Å². The molecule has 0 saturated carbocycles. The maximum Gasteiger partial charge on any atom is 0.259 e. The number of nitrogens with one attached hydrogen (secondary N) is 2. The number of carbonyl (C=O) groups excluding carboxylic acids is 1. The van der Waals surface area contributed by atoms with Crippen molar-refractivity contribution >= 4 is 17.7 Å². The maximum absolute atomic E-state index is 13.6. The number of amides is 1. The molecule has 3 aliphatic rings. The molecule has 0 aromatic carbocycles. The van der Waals surface area contributed by atoms with Gasteiger partial charge in [0.2, 0.25) is 5.95 Å². The summed E-state index contributed by atoms with van der Waals surface area (Å²) >= 11 is 0. The Balaban J connectivity index is 1.59. The fourth-order valence-electron chi connectivity index (χ4n) is 4.22. The van der Waals surface area contributed by atoms with Gasteiger partial charge in [-0.2, -0.15) is 4.98 Å². The van der Waals surface area contributed by atoms with E-state index in [1.54, 1.807) is 6.20 Å². The molecule has 2 aliphatic heterocycles. The third-order valence-corrected chi connectivity index (χ3v) is 5.77. The zero-order valence-corrected chi connectivity index (χ0v) is 17.3. The highest BCUT2D eigenvalue weighted by molar-refractivity contribution is 6.07. The van der Waals surface area contributed by atoms with Crippen molar-refractivity contribution in [2.75, 3.05) is 36.5 Å². The van der Waals surface area contributed by atoms with Crippen LogP contribution >= 0.6 is 0 Å². The first-order valence-electron chi connectivity index (χ1n) is 10.7. The third-order valence-electron chi connectivity index (χ3n) is 5.77. The summed E-state index contributed by atoms with van der Waals surface area (Å²) in [5, 5.41) is 6.64. The zero-order valence-electron chi connectivity index (χ0n) is 17.3. The Bertz CT molecular complexity index is 785. The Labute approximate surface area is 172 Å². The molecule has 1 aromatic rings. The predicted octanol–water partition coefficient (Wildman–Crippen LogP) is 2.53. The first-order valence-corrected chi connectivity index (χ1v) is 10.7. The van der Waals surface area contributed by atoms with Crippen LogP contribution in [0.5, 0.6) is 0 Å². The van der Waals surface area contributed by atoms with E-state index < -0.39 is 0 Å². The largest absolute Gasteiger partial charge is 0.374 e. The van der Waals surface area contributed by atoms with Gasteiger partial charge in [0, 0.05) is 36.9 Å². The van der Waals surface area contributed by atoms with Crippen LogP contribution in [-0.2, 0) is 9.53 Å². The van der Waals surface area contributed by atoms with Gasteiger partial charge in [-0.1, -0.05) is 18.2 Å². The summed E-state index contributed by atoms with van der Waals surface area (Å²) in [6, 6.07) is 2.06. The number of nitrogens with zero attached hydrogens (tertiary/aromatic N) is 3. The molecule has 0 bridgehead atoms. The van der Waals surface area contributed by atoms with Crippen molar-refractivity contribution in [1.29, 1.82) is 0 Å². The van der Waals surface area contributed by atoms with E-state index in [1.165, 1.54) is 0 Å². The minimum absolute atomic E-state index is 0.0133. The number of piperidine rings is 1. The Morgan fingerprint density at radius 2 is 2.17 bits per heavy atom. The smallest absolute Gasteiger partial charge is 0.259 e. The van der Waals surface area contributed by atoms with Gasteiger partial charge in [-0.05, 0) is 58.2 Å². The molecule has 2 unspecified atom stereocenters. The first kappa shape index (κ1) is 20.0. The van der Waals surface area contributed by atoms with Crippen molar-refractivity contribution in [2.45, 2.75) is 45.3 Å². The summed E-state index contributed by atoms with van der Waals surface area (Å²) in [4.78, 5) is 24.4. The topological polar surface area (TPSA) is 79.4 Å². The van der Waals surface area contributed by atoms with Crippen LogP contribution in [0.4, 0.5) is 11.8 Å². The molecular weight excluding hydrogens is 366 g/mol. The van der Waals surface area contributed by atoms with Crippen LogP contribution in [0.3, 0.4) is 0 Å². The molecular formula is C22H31N5O2. The second kappa shape index (κ2) is 9.05. The van der Waals surface area contributed by atoms with Gasteiger partial charge in [0.05, 0.1) is 6.10 Å². The Morgan fingerprint density at radius 3 is 2.97 bits per heavy atom. The Hall–Kier alpha value is -2.25. The van der Waals surface area contributed by atoms with E-state index in [1.807, 2.05) is 37.0 Å². The highest BCUT2D eigenvalue weighted by atomic mass is 16.5. The van der Waals surface area contributed by atoms with Gasteiger partial charge in [-0.25, -0.2) is 4.98 Å². The zero-order chi connectivity index (χ0) is 20.2. The molecule has 1 aliphatic carbocycles. The molecule has 0 spiro atoms. The Kier molecular flexibility index (Phi) is 6.25. The van der Waals surface area contributed by atoms with Gasteiger partial charge in [-0.3, -0.25) is 9.69 Å². The van der Waals surface area contributed by atoms with Crippen LogP contribution < -0.4 is 15.5 Å². The van der Waals surface area contributed by atoms with E-state index in [0.717, 1.165) is 44.5 Å². The highest BCUT2D eigenvalue weighted by Gasteiger charge is 2.31. The molecule has 2 saturated heterocycles. The molecule has 2 N–H and O–H groups in total. The minimum atomic E-state index is 0.0133. The van der Waals surface area contributed by atoms with E-state index in [4.69, 9.17) is 4.74 Å². The number of fused-ring (bicyclic) bond motifs is 1. The number of ether oxygens (including phenoxy) is 1. The van der Waals surface area contributed by atoms with Gasteiger partial charge in [0.15, 0.2) is 0 Å². The standard InChI is InChI=1S/C22H31N5O2/c1-15(2)25-22-24-11-7-20(26-22)27(14-16-5-9-23-10-6-16)21(28)18-3-4-19-17(13-18)8-12-29-19/h3-4,7,11,13,15-17,19,23H,5-6,8-10,12,14H2,1-2H3,(H,24,25,26). The molecule has 2 fully saturated rings. The van der Waals surface area contributed by atoms with Crippen LogP contribution in [0.1, 0.15) is 33.1 Å². The van der Waals surface area contributed by atoms with Crippen molar-refractivity contribution in [3.63, 3.8) is 0 Å². The molecule has 7 heteroatoms. The summed E-state index contributed by atoms with van der Waals surface area (Å²) in [5.41, 5.74) is 0.739. The average molecular weight is 398 g/mol. The third kappa shape index (κ3) is 4.85. The number of rotatable bonds is 6. The maximum atomic E-state index is 13.6. The summed E-state index contributed by atoms with van der Waals surface area (Å²) < 4.78 is 5.71. The summed E-state index contributed by atoms with van der Waals surface area (Å²) in [6.07, 6.45) is 11.0. The quantitative estimate of drug-likeness (QED) is 0.768. The summed E-state index contributed by atoms with van der Waals surface area (Å²) in [7, 11) is 0. The fourth-order valence-corrected chi connectivity index (χ4v) is 4.22. The number of anilines is 2. The summed E-state index contributed by atoms with van der Waals surface area (Å²) in [5.74, 6) is 1.98. The minimum Gasteiger partial charge on any atom is -0.374 e. The Morgan fingerprint density at radius 1 is 1.34 bits per heavy atom. The molecule has 0 radical (unpaired) electrons. The van der Waals surface area contributed by atoms with Crippen molar-refractivity contribution in [1.82, 2.24) is 15.3 Å². The van der Waals surface area contributed by atoms with Gasteiger partial charge >= 0.3 is 0 Å². The number of aromatic nitrogens is 2. The average Bonchev–Trinajstić information content (AvgIpc) is 3.20. The van der Waals surface area contributed by atoms with Gasteiger partial charge in [-0.15, -0.1) is 0 Å². The predicted molar refractivity (Wildman–Crippen MR) is 114 cm³/mol.